The lowest BCUT2D eigenvalue weighted by molar-refractivity contribution is -0.137. The van der Waals surface area contributed by atoms with Crippen LogP contribution in [-0.2, 0) is 6.18 Å². The number of benzene rings is 2. The van der Waals surface area contributed by atoms with E-state index < -0.39 is 23.8 Å². The lowest BCUT2D eigenvalue weighted by Crippen LogP contribution is -2.46. The van der Waals surface area contributed by atoms with Crippen molar-refractivity contribution in [2.75, 3.05) is 66.2 Å². The Morgan fingerprint density at radius 1 is 1.00 bits per heavy atom. The first-order valence-corrected chi connectivity index (χ1v) is 14.8. The molecule has 10 nitrogen and oxygen atoms in total. The van der Waals surface area contributed by atoms with Crippen LogP contribution in [0.15, 0.2) is 48.9 Å². The first-order valence-electron chi connectivity index (χ1n) is 14.8. The number of nitrogens with zero attached hydrogens (tertiary/aromatic N) is 7. The van der Waals surface area contributed by atoms with Crippen molar-refractivity contribution in [1.29, 1.82) is 0 Å². The number of aromatic nitrogens is 4. The highest BCUT2D eigenvalue weighted by atomic mass is 19.4. The predicted octanol–water partition coefficient (Wildman–Crippen LogP) is 5.43. The molecule has 0 radical (unpaired) electrons. The molecule has 6 rings (SSSR count). The third-order valence-electron chi connectivity index (χ3n) is 8.22. The zero-order valence-electron chi connectivity index (χ0n) is 24.9. The molecule has 236 valence electrons. The summed E-state index contributed by atoms with van der Waals surface area (Å²) in [6.45, 7) is 8.17. The lowest BCUT2D eigenvalue weighted by atomic mass is 10.1. The van der Waals surface area contributed by atoms with Crippen molar-refractivity contribution in [2.45, 2.75) is 32.6 Å². The first-order chi connectivity index (χ1) is 21.6. The quantitative estimate of drug-likeness (QED) is 0.261. The number of aryl methyl sites for hydroxylation is 1. The highest BCUT2D eigenvalue weighted by Gasteiger charge is 2.32. The maximum absolute atomic E-state index is 13.9. The van der Waals surface area contributed by atoms with Crippen LogP contribution in [0.3, 0.4) is 0 Å². The van der Waals surface area contributed by atoms with Gasteiger partial charge in [-0.3, -0.25) is 4.79 Å². The standard InChI is InChI=1S/C31H33F4N9O/c1-3-42-8-10-43(11-9-42)24-14-21(31(33,34)35)13-23(15-24)39-29(45)20-5-4-19(2)25(12-20)40-28-27-26(37-18-38-28)16-36-30(41-27)44-7-6-22(32)17-44/h4-5,12-16,18,22H,3,6-11,17H2,1-2H3,(H,39,45)(H,37,38,40)/t22-/m0/s1. The van der Waals surface area contributed by atoms with Crippen LogP contribution in [0.4, 0.5) is 46.4 Å². The maximum atomic E-state index is 13.9. The SMILES string of the molecule is CCN1CCN(c2cc(NC(=O)c3ccc(C)c(Nc4ncnc5cnc(N6CC[C@H](F)C6)nc45)c3)cc(C(F)(F)F)c2)CC1. The number of nitrogens with one attached hydrogen (secondary N) is 2. The van der Waals surface area contributed by atoms with Gasteiger partial charge < -0.3 is 25.3 Å². The van der Waals surface area contributed by atoms with Crippen LogP contribution in [0.1, 0.15) is 34.8 Å². The molecule has 0 aliphatic carbocycles. The summed E-state index contributed by atoms with van der Waals surface area (Å²) in [6, 6.07) is 8.61. The number of piperazine rings is 1. The molecule has 0 saturated carbocycles. The summed E-state index contributed by atoms with van der Waals surface area (Å²) in [5.74, 6) is 0.176. The Kier molecular flexibility index (Phi) is 8.40. The van der Waals surface area contributed by atoms with Gasteiger partial charge in [-0.2, -0.15) is 13.2 Å². The zero-order valence-corrected chi connectivity index (χ0v) is 24.9. The van der Waals surface area contributed by atoms with Crippen LogP contribution in [0.5, 0.6) is 0 Å². The highest BCUT2D eigenvalue weighted by Crippen LogP contribution is 2.35. The third kappa shape index (κ3) is 6.75. The minimum atomic E-state index is -4.58. The van der Waals surface area contributed by atoms with Crippen molar-refractivity contribution >= 4 is 45.8 Å². The van der Waals surface area contributed by atoms with Gasteiger partial charge >= 0.3 is 6.18 Å². The van der Waals surface area contributed by atoms with E-state index in [0.29, 0.717) is 60.2 Å². The molecule has 2 aromatic heterocycles. The second-order valence-corrected chi connectivity index (χ2v) is 11.3. The van der Waals surface area contributed by atoms with Crippen molar-refractivity contribution in [3.63, 3.8) is 0 Å². The summed E-state index contributed by atoms with van der Waals surface area (Å²) in [5, 5.41) is 5.88. The number of anilines is 5. The van der Waals surface area contributed by atoms with Crippen LogP contribution >= 0.6 is 0 Å². The van der Waals surface area contributed by atoms with Gasteiger partial charge in [0.15, 0.2) is 5.82 Å². The fraction of sp³-hybridized carbons (Fsp3) is 0.387. The number of carbonyl (C=O) groups is 1. The number of amides is 1. The summed E-state index contributed by atoms with van der Waals surface area (Å²) in [5.41, 5.74) is 2.12. The number of carbonyl (C=O) groups excluding carboxylic acids is 1. The molecule has 45 heavy (non-hydrogen) atoms. The Morgan fingerprint density at radius 2 is 1.80 bits per heavy atom. The maximum Gasteiger partial charge on any atom is 0.416 e. The topological polar surface area (TPSA) is 102 Å². The van der Waals surface area contributed by atoms with Gasteiger partial charge in [0.2, 0.25) is 5.95 Å². The van der Waals surface area contributed by atoms with Crippen molar-refractivity contribution in [1.82, 2.24) is 24.8 Å². The monoisotopic (exact) mass is 623 g/mol. The second-order valence-electron chi connectivity index (χ2n) is 11.3. The molecule has 2 aromatic carbocycles. The molecule has 2 N–H and O–H groups in total. The molecule has 2 saturated heterocycles. The molecule has 2 aliphatic rings. The fourth-order valence-electron chi connectivity index (χ4n) is 5.57. The Morgan fingerprint density at radius 3 is 2.51 bits per heavy atom. The second kappa shape index (κ2) is 12.4. The average molecular weight is 624 g/mol. The van der Waals surface area contributed by atoms with E-state index in [1.165, 1.54) is 6.33 Å². The van der Waals surface area contributed by atoms with Gasteiger partial charge in [0.05, 0.1) is 18.3 Å². The largest absolute Gasteiger partial charge is 0.416 e. The molecule has 2 fully saturated rings. The van der Waals surface area contributed by atoms with Crippen LogP contribution < -0.4 is 20.4 Å². The van der Waals surface area contributed by atoms with E-state index in [9.17, 15) is 22.4 Å². The molecule has 4 aromatic rings. The third-order valence-corrected chi connectivity index (χ3v) is 8.22. The van der Waals surface area contributed by atoms with Crippen molar-refractivity contribution in [3.8, 4) is 0 Å². The van der Waals surface area contributed by atoms with Crippen molar-refractivity contribution in [3.05, 3.63) is 65.6 Å². The number of fused-ring (bicyclic) bond motifs is 1. The average Bonchev–Trinajstić information content (AvgIpc) is 3.47. The van der Waals surface area contributed by atoms with Gasteiger partial charge in [-0.05, 0) is 55.8 Å². The summed E-state index contributed by atoms with van der Waals surface area (Å²) in [7, 11) is 0. The van der Waals surface area contributed by atoms with E-state index in [1.54, 1.807) is 35.4 Å². The number of halogens is 4. The van der Waals surface area contributed by atoms with Crippen LogP contribution in [0.25, 0.3) is 11.0 Å². The molecule has 0 bridgehead atoms. The Hall–Kier alpha value is -4.59. The van der Waals surface area contributed by atoms with Gasteiger partial charge in [0.1, 0.15) is 23.5 Å². The van der Waals surface area contributed by atoms with E-state index in [1.807, 2.05) is 11.8 Å². The van der Waals surface area contributed by atoms with E-state index in [4.69, 9.17) is 0 Å². The van der Waals surface area contributed by atoms with Gasteiger partial charge in [0.25, 0.3) is 5.91 Å². The summed E-state index contributed by atoms with van der Waals surface area (Å²) in [6.07, 6.45) is -2.19. The zero-order chi connectivity index (χ0) is 31.7. The van der Waals surface area contributed by atoms with E-state index in [-0.39, 0.29) is 17.8 Å². The normalized spacial score (nSPS) is 17.6. The van der Waals surface area contributed by atoms with E-state index in [0.717, 1.165) is 37.3 Å². The molecule has 1 amide bonds. The number of rotatable bonds is 7. The lowest BCUT2D eigenvalue weighted by Gasteiger charge is -2.36. The number of alkyl halides is 4. The Balaban J connectivity index is 1.25. The summed E-state index contributed by atoms with van der Waals surface area (Å²) < 4.78 is 55.4. The molecule has 0 spiro atoms. The minimum Gasteiger partial charge on any atom is -0.369 e. The Bertz CT molecular complexity index is 1710. The summed E-state index contributed by atoms with van der Waals surface area (Å²) in [4.78, 5) is 36.8. The molecular formula is C31H33F4N9O. The molecule has 2 aliphatic heterocycles. The van der Waals surface area contributed by atoms with Gasteiger partial charge in [-0.25, -0.2) is 24.3 Å². The number of hydrogen-bond donors (Lipinski definition) is 2. The van der Waals surface area contributed by atoms with Gasteiger partial charge in [0, 0.05) is 55.3 Å². The Labute approximate surface area is 257 Å². The molecule has 1 atom stereocenters. The molecule has 14 heteroatoms. The van der Waals surface area contributed by atoms with Crippen LogP contribution in [0, 0.1) is 6.92 Å². The van der Waals surface area contributed by atoms with Gasteiger partial charge in [-0.1, -0.05) is 13.0 Å². The molecule has 4 heterocycles. The number of likely N-dealkylation sites (N-methyl/N-ethyl adjacent to an activating group) is 1. The molecule has 0 unspecified atom stereocenters. The van der Waals surface area contributed by atoms with Crippen molar-refractivity contribution < 1.29 is 22.4 Å². The van der Waals surface area contributed by atoms with Gasteiger partial charge in [-0.15, -0.1) is 0 Å². The van der Waals surface area contributed by atoms with Crippen molar-refractivity contribution in [2.24, 2.45) is 0 Å². The minimum absolute atomic E-state index is 0.0567. The van der Waals surface area contributed by atoms with E-state index >= 15 is 0 Å². The fourth-order valence-corrected chi connectivity index (χ4v) is 5.57. The highest BCUT2D eigenvalue weighted by molar-refractivity contribution is 6.05. The van der Waals surface area contributed by atoms with E-state index in [2.05, 4.69) is 42.4 Å². The predicted molar refractivity (Wildman–Crippen MR) is 165 cm³/mol. The smallest absolute Gasteiger partial charge is 0.369 e. The summed E-state index contributed by atoms with van der Waals surface area (Å²) >= 11 is 0. The molecular weight excluding hydrogens is 590 g/mol. The van der Waals surface area contributed by atoms with Crippen LogP contribution in [-0.4, -0.2) is 82.7 Å². The first kappa shape index (κ1) is 30.4. The van der Waals surface area contributed by atoms with Crippen LogP contribution in [0.2, 0.25) is 0 Å². The number of hydrogen-bond acceptors (Lipinski definition) is 9.